The Morgan fingerprint density at radius 3 is 2.55 bits per heavy atom. The Kier molecular flexibility index (Phi) is 4.87. The lowest BCUT2D eigenvalue weighted by Crippen LogP contribution is -2.39. The van der Waals surface area contributed by atoms with Crippen molar-refractivity contribution >= 4 is 11.7 Å². The fraction of sp³-hybridized carbons (Fsp3) is 0.333. The molecular formula is C15H17F2N3O2. The molecule has 2 rings (SSSR count). The summed E-state index contributed by atoms with van der Waals surface area (Å²) >= 11 is 0. The summed E-state index contributed by atoms with van der Waals surface area (Å²) in [6, 6.07) is 4.37. The number of halogens is 2. The predicted octanol–water partition coefficient (Wildman–Crippen LogP) is 2.94. The van der Waals surface area contributed by atoms with Gasteiger partial charge in [-0.1, -0.05) is 11.2 Å². The van der Waals surface area contributed by atoms with Crippen molar-refractivity contribution in [3.63, 3.8) is 0 Å². The Hall–Kier alpha value is -2.28. The van der Waals surface area contributed by atoms with E-state index in [2.05, 4.69) is 15.8 Å². The van der Waals surface area contributed by atoms with E-state index in [0.29, 0.717) is 17.1 Å². The van der Waals surface area contributed by atoms with Gasteiger partial charge in [-0.05, 0) is 38.5 Å². The summed E-state index contributed by atoms with van der Waals surface area (Å²) in [5.74, 6) is -1.20. The molecule has 22 heavy (non-hydrogen) atoms. The predicted molar refractivity (Wildman–Crippen MR) is 77.2 cm³/mol. The maximum Gasteiger partial charge on any atom is 0.242 e. The zero-order valence-electron chi connectivity index (χ0n) is 12.5. The zero-order valence-corrected chi connectivity index (χ0v) is 12.5. The Labute approximate surface area is 126 Å². The van der Waals surface area contributed by atoms with Crippen LogP contribution in [-0.2, 0) is 4.79 Å². The van der Waals surface area contributed by atoms with Crippen LogP contribution in [0.5, 0.6) is 0 Å². The number of amides is 1. The van der Waals surface area contributed by atoms with E-state index in [1.807, 2.05) is 0 Å². The maximum atomic E-state index is 13.2. The van der Waals surface area contributed by atoms with Crippen LogP contribution in [-0.4, -0.2) is 17.1 Å². The third-order valence-corrected chi connectivity index (χ3v) is 3.22. The van der Waals surface area contributed by atoms with Gasteiger partial charge in [0.2, 0.25) is 5.91 Å². The number of hydrogen-bond acceptors (Lipinski definition) is 4. The molecule has 0 aliphatic rings. The molecule has 118 valence electrons. The summed E-state index contributed by atoms with van der Waals surface area (Å²) in [7, 11) is 0. The summed E-state index contributed by atoms with van der Waals surface area (Å²) in [6.07, 6.45) is 0. The Morgan fingerprint density at radius 1 is 1.23 bits per heavy atom. The highest BCUT2D eigenvalue weighted by atomic mass is 19.2. The second-order valence-corrected chi connectivity index (χ2v) is 5.10. The molecule has 1 aromatic heterocycles. The van der Waals surface area contributed by atoms with Gasteiger partial charge in [-0.25, -0.2) is 8.78 Å². The lowest BCUT2D eigenvalue weighted by Gasteiger charge is -2.19. The fourth-order valence-electron chi connectivity index (χ4n) is 1.99. The summed E-state index contributed by atoms with van der Waals surface area (Å²) < 4.78 is 31.0. The van der Waals surface area contributed by atoms with Crippen LogP contribution in [0.25, 0.3) is 0 Å². The third kappa shape index (κ3) is 3.88. The largest absolute Gasteiger partial charge is 0.360 e. The number of rotatable bonds is 5. The van der Waals surface area contributed by atoms with Crippen LogP contribution in [0.4, 0.5) is 14.6 Å². The molecule has 7 heteroatoms. The van der Waals surface area contributed by atoms with Crippen molar-refractivity contribution in [2.75, 3.05) is 5.32 Å². The smallest absolute Gasteiger partial charge is 0.242 e. The quantitative estimate of drug-likeness (QED) is 0.891. The molecule has 0 aliphatic carbocycles. The first kappa shape index (κ1) is 16.1. The Balaban J connectivity index is 1.96. The van der Waals surface area contributed by atoms with E-state index in [1.165, 1.54) is 6.07 Å². The number of nitrogens with zero attached hydrogens (tertiary/aromatic N) is 1. The third-order valence-electron chi connectivity index (χ3n) is 3.22. The van der Waals surface area contributed by atoms with E-state index in [1.54, 1.807) is 26.8 Å². The fourth-order valence-corrected chi connectivity index (χ4v) is 1.99. The lowest BCUT2D eigenvalue weighted by atomic mass is 10.1. The van der Waals surface area contributed by atoms with E-state index in [-0.39, 0.29) is 11.9 Å². The lowest BCUT2D eigenvalue weighted by molar-refractivity contribution is -0.118. The highest BCUT2D eigenvalue weighted by Gasteiger charge is 2.18. The van der Waals surface area contributed by atoms with Gasteiger partial charge in [0, 0.05) is 12.1 Å². The van der Waals surface area contributed by atoms with Crippen LogP contribution in [0.1, 0.15) is 31.2 Å². The molecule has 0 radical (unpaired) electrons. The van der Waals surface area contributed by atoms with Crippen molar-refractivity contribution in [1.82, 2.24) is 10.5 Å². The van der Waals surface area contributed by atoms with Gasteiger partial charge in [0.25, 0.3) is 0 Å². The molecule has 0 spiro atoms. The first-order valence-corrected chi connectivity index (χ1v) is 6.82. The number of aryl methyl sites for hydroxylation is 1. The van der Waals surface area contributed by atoms with Crippen LogP contribution < -0.4 is 10.6 Å². The van der Waals surface area contributed by atoms with Gasteiger partial charge in [0.15, 0.2) is 17.5 Å². The van der Waals surface area contributed by atoms with E-state index < -0.39 is 17.7 Å². The van der Waals surface area contributed by atoms with Gasteiger partial charge in [-0.2, -0.15) is 0 Å². The molecule has 0 fully saturated rings. The molecule has 0 saturated heterocycles. The van der Waals surface area contributed by atoms with Crippen molar-refractivity contribution in [2.24, 2.45) is 0 Å². The summed E-state index contributed by atoms with van der Waals surface area (Å²) in [5, 5.41) is 9.28. The van der Waals surface area contributed by atoms with Crippen LogP contribution >= 0.6 is 0 Å². The van der Waals surface area contributed by atoms with Gasteiger partial charge in [0.05, 0.1) is 6.04 Å². The highest BCUT2D eigenvalue weighted by molar-refractivity contribution is 5.93. The number of aromatic nitrogens is 1. The average Bonchev–Trinajstić information content (AvgIpc) is 2.86. The second kappa shape index (κ2) is 6.65. The van der Waals surface area contributed by atoms with Gasteiger partial charge < -0.3 is 9.84 Å². The van der Waals surface area contributed by atoms with Crippen molar-refractivity contribution in [3.8, 4) is 0 Å². The molecule has 0 unspecified atom stereocenters. The van der Waals surface area contributed by atoms with Crippen LogP contribution in [0.15, 0.2) is 28.8 Å². The normalized spacial score (nSPS) is 13.7. The Morgan fingerprint density at radius 2 is 1.95 bits per heavy atom. The Bertz CT molecular complexity index is 673. The van der Waals surface area contributed by atoms with Gasteiger partial charge in [-0.15, -0.1) is 0 Å². The van der Waals surface area contributed by atoms with Crippen LogP contribution in [0.3, 0.4) is 0 Å². The minimum atomic E-state index is -0.915. The molecule has 0 aliphatic heterocycles. The first-order chi connectivity index (χ1) is 10.4. The standard InChI is InChI=1S/C15H17F2N3O2/c1-8-6-14(20-22-8)19-15(21)10(3)18-9(2)11-4-5-12(16)13(17)7-11/h4-7,9-10,18H,1-3H3,(H,19,20,21)/t9-,10+/m0/s1. The molecule has 0 bridgehead atoms. The number of carbonyl (C=O) groups is 1. The van der Waals surface area contributed by atoms with Crippen molar-refractivity contribution in [1.29, 1.82) is 0 Å². The summed E-state index contributed by atoms with van der Waals surface area (Å²) in [4.78, 5) is 12.0. The molecule has 2 atom stereocenters. The van der Waals surface area contributed by atoms with Gasteiger partial charge in [-0.3, -0.25) is 10.1 Å². The summed E-state index contributed by atoms with van der Waals surface area (Å²) in [6.45, 7) is 5.14. The second-order valence-electron chi connectivity index (χ2n) is 5.10. The van der Waals surface area contributed by atoms with E-state index in [9.17, 15) is 13.6 Å². The van der Waals surface area contributed by atoms with E-state index in [4.69, 9.17) is 4.52 Å². The number of carbonyl (C=O) groups excluding carboxylic acids is 1. The average molecular weight is 309 g/mol. The highest BCUT2D eigenvalue weighted by Crippen LogP contribution is 2.17. The molecule has 1 aromatic carbocycles. The number of nitrogens with one attached hydrogen (secondary N) is 2. The molecule has 2 N–H and O–H groups in total. The van der Waals surface area contributed by atoms with Crippen LogP contribution in [0, 0.1) is 18.6 Å². The molecule has 2 aromatic rings. The van der Waals surface area contributed by atoms with Crippen LogP contribution in [0.2, 0.25) is 0 Å². The molecule has 5 nitrogen and oxygen atoms in total. The topological polar surface area (TPSA) is 67.2 Å². The van der Waals surface area contributed by atoms with Crippen molar-refractivity contribution in [2.45, 2.75) is 32.9 Å². The number of benzene rings is 1. The SMILES string of the molecule is Cc1cc(NC(=O)[C@@H](C)N[C@@H](C)c2ccc(F)c(F)c2)no1. The molecular weight excluding hydrogens is 292 g/mol. The molecule has 1 amide bonds. The van der Waals surface area contributed by atoms with Crippen molar-refractivity contribution < 1.29 is 18.1 Å². The number of anilines is 1. The zero-order chi connectivity index (χ0) is 16.3. The monoisotopic (exact) mass is 309 g/mol. The summed E-state index contributed by atoms with van der Waals surface area (Å²) in [5.41, 5.74) is 0.552. The van der Waals surface area contributed by atoms with E-state index in [0.717, 1.165) is 12.1 Å². The van der Waals surface area contributed by atoms with Gasteiger partial charge >= 0.3 is 0 Å². The molecule has 0 saturated carbocycles. The van der Waals surface area contributed by atoms with E-state index >= 15 is 0 Å². The molecule has 1 heterocycles. The number of hydrogen-bond donors (Lipinski definition) is 2. The first-order valence-electron chi connectivity index (χ1n) is 6.82. The minimum absolute atomic E-state index is 0.303. The maximum absolute atomic E-state index is 13.2. The van der Waals surface area contributed by atoms with Gasteiger partial charge in [0.1, 0.15) is 5.76 Å². The van der Waals surface area contributed by atoms with Crippen molar-refractivity contribution in [3.05, 3.63) is 47.2 Å². The minimum Gasteiger partial charge on any atom is -0.360 e.